The van der Waals surface area contributed by atoms with Crippen LogP contribution in [-0.2, 0) is 5.41 Å². The predicted molar refractivity (Wildman–Crippen MR) is 84.3 cm³/mol. The predicted octanol–water partition coefficient (Wildman–Crippen LogP) is 0.828. The van der Waals surface area contributed by atoms with Crippen LogP contribution < -0.4 is 5.73 Å². The molecular weight excluding hydrogens is 316 g/mol. The summed E-state index contributed by atoms with van der Waals surface area (Å²) in [7, 11) is 0. The molecule has 0 radical (unpaired) electrons. The first-order valence-corrected chi connectivity index (χ1v) is 8.10. The van der Waals surface area contributed by atoms with Crippen LogP contribution in [0.25, 0.3) is 0 Å². The summed E-state index contributed by atoms with van der Waals surface area (Å²) in [6, 6.07) is 0.0141. The topological polar surface area (TPSA) is 107 Å². The molecule has 0 atom stereocenters. The van der Waals surface area contributed by atoms with Crippen LogP contribution >= 0.6 is 11.3 Å². The Labute approximate surface area is 137 Å². The van der Waals surface area contributed by atoms with Gasteiger partial charge in [-0.05, 0) is 0 Å². The van der Waals surface area contributed by atoms with Crippen molar-refractivity contribution in [3.05, 3.63) is 28.0 Å². The average Bonchev–Trinajstić information content (AvgIpc) is 3.05. The summed E-state index contributed by atoms with van der Waals surface area (Å²) in [6.45, 7) is 7.24. The molecule has 2 N–H and O–H groups in total. The molecule has 0 bridgehead atoms. The smallest absolute Gasteiger partial charge is 0.273 e. The first-order chi connectivity index (χ1) is 10.8. The molecule has 9 heteroatoms. The Balaban J connectivity index is 1.63. The molecule has 1 aliphatic heterocycles. The van der Waals surface area contributed by atoms with Gasteiger partial charge >= 0.3 is 0 Å². The third-order valence-electron chi connectivity index (χ3n) is 3.65. The largest absolute Gasteiger partial charge is 0.364 e. The molecule has 3 rings (SSSR count). The number of carbonyl (C=O) groups is 2. The molecule has 0 saturated carbocycles. The Morgan fingerprint density at radius 1 is 1.30 bits per heavy atom. The van der Waals surface area contributed by atoms with Crippen molar-refractivity contribution >= 4 is 23.2 Å². The highest BCUT2D eigenvalue weighted by molar-refractivity contribution is 7.10. The van der Waals surface area contributed by atoms with Crippen molar-refractivity contribution in [2.75, 3.05) is 13.1 Å². The van der Waals surface area contributed by atoms with E-state index in [1.165, 1.54) is 17.5 Å². The maximum atomic E-state index is 12.4. The van der Waals surface area contributed by atoms with E-state index in [4.69, 9.17) is 5.73 Å². The van der Waals surface area contributed by atoms with E-state index < -0.39 is 5.91 Å². The van der Waals surface area contributed by atoms with Crippen molar-refractivity contribution in [3.63, 3.8) is 0 Å². The molecule has 1 saturated heterocycles. The van der Waals surface area contributed by atoms with Crippen molar-refractivity contribution in [2.45, 2.75) is 32.2 Å². The van der Waals surface area contributed by atoms with Crippen molar-refractivity contribution in [3.8, 4) is 0 Å². The molecule has 2 amide bonds. The molecule has 3 heterocycles. The summed E-state index contributed by atoms with van der Waals surface area (Å²) in [5.41, 5.74) is 5.70. The van der Waals surface area contributed by atoms with Gasteiger partial charge in [-0.2, -0.15) is 0 Å². The van der Waals surface area contributed by atoms with Gasteiger partial charge < -0.3 is 10.6 Å². The Morgan fingerprint density at radius 2 is 2.00 bits per heavy atom. The summed E-state index contributed by atoms with van der Waals surface area (Å²) in [5.74, 6) is -0.691. The lowest BCUT2D eigenvalue weighted by Crippen LogP contribution is -2.51. The minimum atomic E-state index is -0.610. The van der Waals surface area contributed by atoms with Crippen LogP contribution in [0.1, 0.15) is 52.8 Å². The minimum Gasteiger partial charge on any atom is -0.364 e. The fourth-order valence-electron chi connectivity index (χ4n) is 2.23. The van der Waals surface area contributed by atoms with Crippen molar-refractivity contribution < 1.29 is 9.59 Å². The highest BCUT2D eigenvalue weighted by Gasteiger charge is 2.35. The zero-order valence-corrected chi connectivity index (χ0v) is 14.0. The third-order valence-corrected chi connectivity index (χ3v) is 4.92. The number of likely N-dealkylation sites (tertiary alicyclic amines) is 1. The molecule has 122 valence electrons. The van der Waals surface area contributed by atoms with Gasteiger partial charge in [0.2, 0.25) is 0 Å². The normalized spacial score (nSPS) is 15.5. The van der Waals surface area contributed by atoms with Crippen LogP contribution in [-0.4, -0.2) is 49.8 Å². The fourth-order valence-corrected chi connectivity index (χ4v) is 3.12. The van der Waals surface area contributed by atoms with Gasteiger partial charge in [-0.3, -0.25) is 9.59 Å². The van der Waals surface area contributed by atoms with E-state index in [2.05, 4.69) is 36.1 Å². The van der Waals surface area contributed by atoms with Gasteiger partial charge in [-0.25, -0.2) is 9.67 Å². The zero-order valence-electron chi connectivity index (χ0n) is 13.2. The van der Waals surface area contributed by atoms with Gasteiger partial charge in [-0.1, -0.05) is 26.0 Å². The van der Waals surface area contributed by atoms with Crippen molar-refractivity contribution in [1.29, 1.82) is 0 Å². The van der Waals surface area contributed by atoms with Crippen LogP contribution in [0.15, 0.2) is 11.6 Å². The molecular formula is C14H18N6O2S. The van der Waals surface area contributed by atoms with E-state index in [0.717, 1.165) is 5.01 Å². The maximum Gasteiger partial charge on any atom is 0.273 e. The number of hydrogen-bond acceptors (Lipinski definition) is 6. The Kier molecular flexibility index (Phi) is 3.67. The molecule has 1 fully saturated rings. The van der Waals surface area contributed by atoms with Crippen LogP contribution in [0.3, 0.4) is 0 Å². The van der Waals surface area contributed by atoms with E-state index in [1.54, 1.807) is 15.0 Å². The fraction of sp³-hybridized carbons (Fsp3) is 0.500. The number of primary amides is 1. The highest BCUT2D eigenvalue weighted by atomic mass is 32.1. The summed E-state index contributed by atoms with van der Waals surface area (Å²) in [4.78, 5) is 29.6. The summed E-state index contributed by atoms with van der Waals surface area (Å²) >= 11 is 1.50. The van der Waals surface area contributed by atoms with Gasteiger partial charge in [-0.15, -0.1) is 16.4 Å². The van der Waals surface area contributed by atoms with E-state index in [1.807, 2.05) is 0 Å². The molecule has 8 nitrogen and oxygen atoms in total. The lowest BCUT2D eigenvalue weighted by molar-refractivity contribution is 0.0492. The molecule has 1 aliphatic rings. The monoisotopic (exact) mass is 334 g/mol. The van der Waals surface area contributed by atoms with Gasteiger partial charge in [0, 0.05) is 23.9 Å². The molecule has 0 aromatic carbocycles. The zero-order chi connectivity index (χ0) is 16.8. The number of thiazole rings is 1. The van der Waals surface area contributed by atoms with E-state index in [0.29, 0.717) is 18.8 Å². The molecule has 2 aromatic heterocycles. The Hall–Kier alpha value is -2.29. The summed E-state index contributed by atoms with van der Waals surface area (Å²) in [5, 5.41) is 10.3. The van der Waals surface area contributed by atoms with Gasteiger partial charge in [0.1, 0.15) is 5.69 Å². The third kappa shape index (κ3) is 2.96. The number of nitrogens with two attached hydrogens (primary N) is 1. The van der Waals surface area contributed by atoms with Gasteiger partial charge in [0.15, 0.2) is 5.69 Å². The Morgan fingerprint density at radius 3 is 2.52 bits per heavy atom. The summed E-state index contributed by atoms with van der Waals surface area (Å²) < 4.78 is 1.57. The van der Waals surface area contributed by atoms with E-state index in [-0.39, 0.29) is 23.1 Å². The number of amides is 2. The minimum absolute atomic E-state index is 0.0141. The quantitative estimate of drug-likeness (QED) is 0.894. The SMILES string of the molecule is CC(C)(C)c1nc(C(=O)N2CC(n3cc(C(N)=O)nn3)C2)cs1. The van der Waals surface area contributed by atoms with Crippen LogP contribution in [0.5, 0.6) is 0 Å². The number of rotatable bonds is 3. The lowest BCUT2D eigenvalue weighted by atomic mass is 9.98. The van der Waals surface area contributed by atoms with E-state index in [9.17, 15) is 9.59 Å². The molecule has 23 heavy (non-hydrogen) atoms. The standard InChI is InChI=1S/C14H18N6O2S/c1-14(2,3)13-16-10(7-23-13)12(22)19-4-8(5-19)20-6-9(11(15)21)17-18-20/h6-8H,4-5H2,1-3H3,(H2,15,21). The lowest BCUT2D eigenvalue weighted by Gasteiger charge is -2.38. The molecule has 0 spiro atoms. The average molecular weight is 334 g/mol. The second-order valence-corrected chi connectivity index (χ2v) is 7.46. The Bertz CT molecular complexity index is 753. The number of aromatic nitrogens is 4. The summed E-state index contributed by atoms with van der Waals surface area (Å²) in [6.07, 6.45) is 1.51. The van der Waals surface area contributed by atoms with Gasteiger partial charge in [0.25, 0.3) is 11.8 Å². The van der Waals surface area contributed by atoms with Crippen LogP contribution in [0, 0.1) is 0 Å². The number of hydrogen-bond donors (Lipinski definition) is 1. The first-order valence-electron chi connectivity index (χ1n) is 7.22. The van der Waals surface area contributed by atoms with Gasteiger partial charge in [0.05, 0.1) is 17.2 Å². The van der Waals surface area contributed by atoms with E-state index >= 15 is 0 Å². The van der Waals surface area contributed by atoms with Crippen molar-refractivity contribution in [2.24, 2.45) is 5.73 Å². The molecule has 0 unspecified atom stereocenters. The molecule has 0 aliphatic carbocycles. The van der Waals surface area contributed by atoms with Crippen LogP contribution in [0.2, 0.25) is 0 Å². The number of carbonyl (C=O) groups excluding carboxylic acids is 2. The number of nitrogens with zero attached hydrogens (tertiary/aromatic N) is 5. The maximum absolute atomic E-state index is 12.4. The van der Waals surface area contributed by atoms with Crippen LogP contribution in [0.4, 0.5) is 0 Å². The highest BCUT2D eigenvalue weighted by Crippen LogP contribution is 2.28. The van der Waals surface area contributed by atoms with Crippen molar-refractivity contribution in [1.82, 2.24) is 24.9 Å². The second kappa shape index (κ2) is 5.41. The second-order valence-electron chi connectivity index (χ2n) is 6.60. The first kappa shape index (κ1) is 15.6. The molecule has 2 aromatic rings.